The lowest BCUT2D eigenvalue weighted by Crippen LogP contribution is -2.20. The van der Waals surface area contributed by atoms with Crippen LogP contribution < -0.4 is 15.4 Å². The molecule has 4 rings (SSSR count). The molecule has 2 aromatic carbocycles. The number of carbonyl (C=O) groups is 2. The van der Waals surface area contributed by atoms with Crippen molar-refractivity contribution in [3.63, 3.8) is 0 Å². The minimum atomic E-state index is -0.350. The number of nitrogens with zero attached hydrogens (tertiary/aromatic N) is 1. The molecular formula is C26H24FN3O4S. The number of rotatable bonds is 8. The van der Waals surface area contributed by atoms with Gasteiger partial charge in [-0.25, -0.2) is 9.37 Å². The zero-order chi connectivity index (χ0) is 24.9. The number of fused-ring (bicyclic) bond motifs is 1. The molecule has 180 valence electrons. The number of amides is 2. The van der Waals surface area contributed by atoms with Crippen molar-refractivity contribution in [2.75, 3.05) is 19.0 Å². The third-order valence-electron chi connectivity index (χ3n) is 5.31. The zero-order valence-electron chi connectivity index (χ0n) is 19.5. The molecule has 0 aliphatic heterocycles. The molecule has 0 saturated carbocycles. The third kappa shape index (κ3) is 5.58. The number of benzene rings is 2. The van der Waals surface area contributed by atoms with E-state index in [2.05, 4.69) is 15.6 Å². The van der Waals surface area contributed by atoms with Gasteiger partial charge in [-0.05, 0) is 43.2 Å². The van der Waals surface area contributed by atoms with E-state index in [1.807, 2.05) is 19.9 Å². The van der Waals surface area contributed by atoms with Crippen LogP contribution in [0.15, 0.2) is 58.5 Å². The molecule has 2 aromatic heterocycles. The van der Waals surface area contributed by atoms with Crippen molar-refractivity contribution in [2.45, 2.75) is 20.3 Å². The maximum atomic E-state index is 13.4. The van der Waals surface area contributed by atoms with Gasteiger partial charge in [0.2, 0.25) is 11.8 Å². The molecule has 2 N–H and O–H groups in total. The Bertz CT molecular complexity index is 1410. The monoisotopic (exact) mass is 493 g/mol. The number of furan rings is 1. The fraction of sp³-hybridized carbons (Fsp3) is 0.192. The van der Waals surface area contributed by atoms with Gasteiger partial charge in [-0.1, -0.05) is 12.1 Å². The number of allylic oxidation sites excluding steroid dienone is 1. The number of halogens is 1. The van der Waals surface area contributed by atoms with Gasteiger partial charge in [0.15, 0.2) is 5.13 Å². The second-order valence-electron chi connectivity index (χ2n) is 7.74. The first-order valence-electron chi connectivity index (χ1n) is 11.0. The molecule has 0 atom stereocenters. The highest BCUT2D eigenvalue weighted by Gasteiger charge is 2.16. The van der Waals surface area contributed by atoms with E-state index < -0.39 is 0 Å². The molecule has 0 saturated heterocycles. The fourth-order valence-electron chi connectivity index (χ4n) is 3.61. The zero-order valence-corrected chi connectivity index (χ0v) is 20.3. The number of hydrogen-bond acceptors (Lipinski definition) is 6. The lowest BCUT2D eigenvalue weighted by Gasteiger charge is -2.11. The van der Waals surface area contributed by atoms with Crippen LogP contribution in [-0.4, -0.2) is 30.5 Å². The van der Waals surface area contributed by atoms with E-state index in [1.54, 1.807) is 36.9 Å². The Hall–Kier alpha value is -3.98. The van der Waals surface area contributed by atoms with Crippen molar-refractivity contribution in [1.82, 2.24) is 10.3 Å². The highest BCUT2D eigenvalue weighted by molar-refractivity contribution is 7.14. The number of anilines is 1. The Kier molecular flexibility index (Phi) is 7.26. The minimum absolute atomic E-state index is 0.149. The highest BCUT2D eigenvalue weighted by Crippen LogP contribution is 2.37. The molecule has 7 nitrogen and oxygen atoms in total. The quantitative estimate of drug-likeness (QED) is 0.320. The van der Waals surface area contributed by atoms with Crippen LogP contribution in [0, 0.1) is 5.82 Å². The number of thiazole rings is 1. The van der Waals surface area contributed by atoms with Crippen molar-refractivity contribution in [2.24, 2.45) is 0 Å². The predicted octanol–water partition coefficient (Wildman–Crippen LogP) is 5.42. The number of nitrogens with one attached hydrogen (secondary N) is 2. The molecule has 0 spiro atoms. The van der Waals surface area contributed by atoms with Crippen LogP contribution in [0.4, 0.5) is 9.52 Å². The van der Waals surface area contributed by atoms with Crippen LogP contribution in [0.3, 0.4) is 0 Å². The number of hydrogen-bond donors (Lipinski definition) is 2. The molecule has 9 heteroatoms. The Morgan fingerprint density at radius 1 is 1.23 bits per heavy atom. The summed E-state index contributed by atoms with van der Waals surface area (Å²) in [6.07, 6.45) is 3.25. The van der Waals surface area contributed by atoms with Gasteiger partial charge in [-0.2, -0.15) is 0 Å². The average Bonchev–Trinajstić information content (AvgIpc) is 3.45. The first-order valence-corrected chi connectivity index (χ1v) is 11.8. The van der Waals surface area contributed by atoms with Gasteiger partial charge in [0.05, 0.1) is 25.0 Å². The fourth-order valence-corrected chi connectivity index (χ4v) is 4.32. The smallest absolute Gasteiger partial charge is 0.250 e. The summed E-state index contributed by atoms with van der Waals surface area (Å²) in [7, 11) is 1.56. The summed E-state index contributed by atoms with van der Waals surface area (Å²) in [5, 5.41) is 8.26. The molecule has 2 amide bonds. The van der Waals surface area contributed by atoms with E-state index in [1.165, 1.54) is 29.5 Å². The Morgan fingerprint density at radius 2 is 2.00 bits per heavy atom. The third-order valence-corrected chi connectivity index (χ3v) is 6.11. The summed E-state index contributed by atoms with van der Waals surface area (Å²) in [5.74, 6) is -0.228. The van der Waals surface area contributed by atoms with E-state index in [-0.39, 0.29) is 24.1 Å². The van der Waals surface area contributed by atoms with E-state index in [9.17, 15) is 14.0 Å². The first kappa shape index (κ1) is 24.2. The Labute approximate surface area is 205 Å². The molecule has 0 unspecified atom stereocenters. The van der Waals surface area contributed by atoms with E-state index in [0.29, 0.717) is 34.3 Å². The van der Waals surface area contributed by atoms with Crippen LogP contribution in [0.2, 0.25) is 0 Å². The Morgan fingerprint density at radius 3 is 2.71 bits per heavy atom. The second-order valence-corrected chi connectivity index (χ2v) is 8.60. The average molecular weight is 494 g/mol. The molecule has 0 aliphatic rings. The standard InChI is InChI=1S/C26H24FN3O4S/c1-4-33-22-12-23-20(21(13-34-23)16-5-7-17(27)8-6-16)11-19(22)15(2)9-25(32)30-26-29-18(14-35-26)10-24(31)28-3/h5-9,11-14H,4,10H2,1-3H3,(H,28,31)(H,29,30,32)/b15-9+. The number of aromatic nitrogens is 1. The maximum Gasteiger partial charge on any atom is 0.250 e. The van der Waals surface area contributed by atoms with E-state index in [4.69, 9.17) is 9.15 Å². The summed E-state index contributed by atoms with van der Waals surface area (Å²) >= 11 is 1.25. The SMILES string of the molecule is CCOc1cc2occ(-c3ccc(F)cc3)c2cc1/C(C)=C/C(=O)Nc1nc(CC(=O)NC)cs1. The van der Waals surface area contributed by atoms with Crippen molar-refractivity contribution in [1.29, 1.82) is 0 Å². The van der Waals surface area contributed by atoms with Gasteiger partial charge in [-0.3, -0.25) is 14.9 Å². The van der Waals surface area contributed by atoms with Gasteiger partial charge in [0.1, 0.15) is 17.1 Å². The molecule has 2 heterocycles. The van der Waals surface area contributed by atoms with E-state index >= 15 is 0 Å². The van der Waals surface area contributed by atoms with Crippen molar-refractivity contribution in [3.05, 3.63) is 71.2 Å². The molecular weight excluding hydrogens is 469 g/mol. The van der Waals surface area contributed by atoms with Crippen LogP contribution in [0.1, 0.15) is 25.1 Å². The van der Waals surface area contributed by atoms with Crippen molar-refractivity contribution in [3.8, 4) is 16.9 Å². The number of likely N-dealkylation sites (N-methyl/N-ethyl adjacent to an activating group) is 1. The minimum Gasteiger partial charge on any atom is -0.493 e. The van der Waals surface area contributed by atoms with Gasteiger partial charge in [0, 0.05) is 41.1 Å². The lowest BCUT2D eigenvalue weighted by molar-refractivity contribution is -0.120. The second kappa shape index (κ2) is 10.5. The first-order chi connectivity index (χ1) is 16.9. The normalized spacial score (nSPS) is 11.5. The van der Waals surface area contributed by atoms with Crippen LogP contribution in [0.5, 0.6) is 5.75 Å². The lowest BCUT2D eigenvalue weighted by atomic mass is 9.99. The van der Waals surface area contributed by atoms with Crippen LogP contribution in [-0.2, 0) is 16.0 Å². The molecule has 0 radical (unpaired) electrons. The molecule has 0 bridgehead atoms. The number of ether oxygens (including phenoxy) is 1. The summed E-state index contributed by atoms with van der Waals surface area (Å²) in [4.78, 5) is 28.5. The summed E-state index contributed by atoms with van der Waals surface area (Å²) in [5.41, 5.74) is 4.26. The van der Waals surface area contributed by atoms with Crippen molar-refractivity contribution >= 4 is 44.8 Å². The van der Waals surface area contributed by atoms with Gasteiger partial charge in [-0.15, -0.1) is 11.3 Å². The van der Waals surface area contributed by atoms with Gasteiger partial charge < -0.3 is 14.5 Å². The predicted molar refractivity (Wildman–Crippen MR) is 135 cm³/mol. The molecule has 35 heavy (non-hydrogen) atoms. The summed E-state index contributed by atoms with van der Waals surface area (Å²) in [6.45, 7) is 4.14. The molecule has 0 aliphatic carbocycles. The molecule has 0 fully saturated rings. The van der Waals surface area contributed by atoms with Crippen molar-refractivity contribution < 1.29 is 23.1 Å². The summed E-state index contributed by atoms with van der Waals surface area (Å²) in [6, 6.07) is 9.89. The van der Waals surface area contributed by atoms with Crippen LogP contribution in [0.25, 0.3) is 27.7 Å². The van der Waals surface area contributed by atoms with Gasteiger partial charge in [0.25, 0.3) is 0 Å². The molecule has 4 aromatic rings. The number of carbonyl (C=O) groups excluding carboxylic acids is 2. The highest BCUT2D eigenvalue weighted by atomic mass is 32.1. The maximum absolute atomic E-state index is 13.4. The van der Waals surface area contributed by atoms with Gasteiger partial charge >= 0.3 is 0 Å². The van der Waals surface area contributed by atoms with E-state index in [0.717, 1.165) is 22.1 Å². The summed E-state index contributed by atoms with van der Waals surface area (Å²) < 4.78 is 25.0. The van der Waals surface area contributed by atoms with Crippen LogP contribution >= 0.6 is 11.3 Å². The topological polar surface area (TPSA) is 93.5 Å². The largest absolute Gasteiger partial charge is 0.493 e. The Balaban J connectivity index is 1.63.